The van der Waals surface area contributed by atoms with E-state index in [1.807, 2.05) is 0 Å². The van der Waals surface area contributed by atoms with Gasteiger partial charge in [-0.05, 0) is 42.7 Å². The number of aliphatic imine (C=N–C) groups is 1. The molecule has 1 fully saturated rings. The molecule has 0 radical (unpaired) electrons. The van der Waals surface area contributed by atoms with E-state index in [2.05, 4.69) is 10.3 Å². The van der Waals surface area contributed by atoms with Gasteiger partial charge in [-0.2, -0.15) is 26.3 Å². The third-order valence-corrected chi connectivity index (χ3v) is 4.14. The van der Waals surface area contributed by atoms with Crippen molar-refractivity contribution in [3.63, 3.8) is 0 Å². The summed E-state index contributed by atoms with van der Waals surface area (Å²) in [6.07, 6.45) is -4.86. The van der Waals surface area contributed by atoms with Crippen molar-refractivity contribution in [3.05, 3.63) is 47.2 Å². The minimum Gasteiger partial charge on any atom is -0.335 e. The van der Waals surface area contributed by atoms with Gasteiger partial charge < -0.3 is 10.2 Å². The molecule has 10 heteroatoms. The van der Waals surface area contributed by atoms with Crippen LogP contribution in [0.5, 0.6) is 0 Å². The van der Waals surface area contributed by atoms with Crippen LogP contribution in [-0.4, -0.2) is 23.3 Å². The highest BCUT2D eigenvalue weighted by atomic mass is 19.4. The lowest BCUT2D eigenvalue weighted by Crippen LogP contribution is -2.45. The molecule has 1 saturated carbocycles. The number of alkyl halides is 6. The van der Waals surface area contributed by atoms with Gasteiger partial charge in [0.15, 0.2) is 6.29 Å². The van der Waals surface area contributed by atoms with Crippen LogP contribution in [0, 0.1) is 5.92 Å². The summed E-state index contributed by atoms with van der Waals surface area (Å²) in [7, 11) is 0. The molecule has 1 unspecified atom stereocenters. The van der Waals surface area contributed by atoms with Crippen LogP contribution in [0.4, 0.5) is 26.3 Å². The van der Waals surface area contributed by atoms with E-state index in [0.717, 1.165) is 12.8 Å². The molecule has 1 N–H and O–H groups in total. The van der Waals surface area contributed by atoms with Gasteiger partial charge in [0.1, 0.15) is 0 Å². The van der Waals surface area contributed by atoms with Gasteiger partial charge in [0, 0.05) is 24.9 Å². The molecule has 1 heterocycles. The molecule has 0 bridgehead atoms. The number of allylic oxidation sites excluding steroid dienone is 1. The fraction of sp³-hybridized carbons (Fsp3) is 0.412. The van der Waals surface area contributed by atoms with E-state index in [0.29, 0.717) is 12.1 Å². The lowest BCUT2D eigenvalue weighted by Gasteiger charge is -2.30. The second kappa shape index (κ2) is 6.90. The lowest BCUT2D eigenvalue weighted by atomic mass is 10.0. The first-order valence-electron chi connectivity index (χ1n) is 8.08. The fourth-order valence-electron chi connectivity index (χ4n) is 2.62. The Bertz CT molecular complexity index is 748. The van der Waals surface area contributed by atoms with Gasteiger partial charge in [-0.3, -0.25) is 4.79 Å². The number of hydrogen-bond acceptors (Lipinski definition) is 3. The molecule has 27 heavy (non-hydrogen) atoms. The Morgan fingerprint density at radius 1 is 1.07 bits per heavy atom. The zero-order valence-electron chi connectivity index (χ0n) is 13.8. The lowest BCUT2D eigenvalue weighted by molar-refractivity contribution is -0.143. The largest absolute Gasteiger partial charge is 0.416 e. The molecule has 1 aromatic carbocycles. The molecule has 0 saturated heterocycles. The smallest absolute Gasteiger partial charge is 0.335 e. The highest BCUT2D eigenvalue weighted by Gasteiger charge is 2.37. The Morgan fingerprint density at radius 3 is 2.19 bits per heavy atom. The van der Waals surface area contributed by atoms with Gasteiger partial charge in [0.2, 0.25) is 5.91 Å². The third-order valence-electron chi connectivity index (χ3n) is 4.14. The van der Waals surface area contributed by atoms with Crippen molar-refractivity contribution >= 4 is 12.1 Å². The minimum atomic E-state index is -4.91. The van der Waals surface area contributed by atoms with Gasteiger partial charge >= 0.3 is 12.4 Å². The number of hydrogen-bond donors (Lipinski definition) is 1. The molecule has 1 atom stereocenters. The number of carbonyl (C=O) groups is 1. The van der Waals surface area contributed by atoms with Gasteiger partial charge in [-0.15, -0.1) is 0 Å². The Balaban J connectivity index is 1.85. The fourth-order valence-corrected chi connectivity index (χ4v) is 2.62. The van der Waals surface area contributed by atoms with Crippen molar-refractivity contribution in [1.29, 1.82) is 0 Å². The van der Waals surface area contributed by atoms with E-state index in [1.54, 1.807) is 0 Å². The summed E-state index contributed by atoms with van der Waals surface area (Å²) >= 11 is 0. The maximum Gasteiger partial charge on any atom is 0.416 e. The average molecular weight is 391 g/mol. The van der Waals surface area contributed by atoms with Gasteiger partial charge in [-0.25, -0.2) is 4.99 Å². The summed E-state index contributed by atoms with van der Waals surface area (Å²) in [5, 5.41) is 2.63. The molecular weight excluding hydrogens is 376 g/mol. The molecule has 3 rings (SSSR count). The number of rotatable bonds is 4. The van der Waals surface area contributed by atoms with E-state index in [4.69, 9.17) is 0 Å². The van der Waals surface area contributed by atoms with Crippen LogP contribution < -0.4 is 5.32 Å². The SMILES string of the molecule is O=C(NC1N=CC=CN1Cc1cc(C(F)(F)F)cc(C(F)(F)F)c1)C1CC1. The number of amides is 1. The third kappa shape index (κ3) is 4.81. The summed E-state index contributed by atoms with van der Waals surface area (Å²) in [5.74, 6) is -0.351. The number of carbonyl (C=O) groups excluding carboxylic acids is 1. The van der Waals surface area contributed by atoms with Crippen molar-refractivity contribution < 1.29 is 31.1 Å². The number of nitrogens with zero attached hydrogens (tertiary/aromatic N) is 2. The second-order valence-electron chi connectivity index (χ2n) is 6.38. The zero-order chi connectivity index (χ0) is 19.8. The van der Waals surface area contributed by atoms with Crippen molar-refractivity contribution in [3.8, 4) is 0 Å². The Kier molecular flexibility index (Phi) is 4.92. The van der Waals surface area contributed by atoms with Crippen LogP contribution in [0.25, 0.3) is 0 Å². The van der Waals surface area contributed by atoms with Gasteiger partial charge in [-0.1, -0.05) is 0 Å². The predicted molar refractivity (Wildman–Crippen MR) is 84.3 cm³/mol. The highest BCUT2D eigenvalue weighted by Crippen LogP contribution is 2.36. The number of benzene rings is 1. The molecule has 1 aromatic rings. The van der Waals surface area contributed by atoms with E-state index < -0.39 is 29.8 Å². The maximum absolute atomic E-state index is 13.0. The highest BCUT2D eigenvalue weighted by molar-refractivity contribution is 5.81. The van der Waals surface area contributed by atoms with Crippen molar-refractivity contribution in [2.24, 2.45) is 10.9 Å². The molecule has 0 aromatic heterocycles. The minimum absolute atomic E-state index is 0.0834. The maximum atomic E-state index is 13.0. The summed E-state index contributed by atoms with van der Waals surface area (Å²) < 4.78 is 77.9. The Morgan fingerprint density at radius 2 is 1.67 bits per heavy atom. The van der Waals surface area contributed by atoms with E-state index in [9.17, 15) is 31.1 Å². The molecule has 1 amide bonds. The van der Waals surface area contributed by atoms with E-state index in [-0.39, 0.29) is 30.0 Å². The Hall–Kier alpha value is -2.52. The van der Waals surface area contributed by atoms with Crippen molar-refractivity contribution in [1.82, 2.24) is 10.2 Å². The predicted octanol–water partition coefficient (Wildman–Crippen LogP) is 3.93. The van der Waals surface area contributed by atoms with Crippen LogP contribution in [0.2, 0.25) is 0 Å². The average Bonchev–Trinajstić information content (AvgIpc) is 3.40. The number of nitrogens with one attached hydrogen (secondary N) is 1. The Labute approximate surface area is 150 Å². The van der Waals surface area contributed by atoms with Crippen LogP contribution in [0.3, 0.4) is 0 Å². The van der Waals surface area contributed by atoms with E-state index >= 15 is 0 Å². The first-order valence-corrected chi connectivity index (χ1v) is 8.08. The van der Waals surface area contributed by atoms with Crippen LogP contribution in [0.1, 0.15) is 29.5 Å². The monoisotopic (exact) mass is 391 g/mol. The number of halogens is 6. The van der Waals surface area contributed by atoms with Gasteiger partial charge in [0.05, 0.1) is 11.1 Å². The van der Waals surface area contributed by atoms with Gasteiger partial charge in [0.25, 0.3) is 0 Å². The quantitative estimate of drug-likeness (QED) is 0.791. The molecule has 2 aliphatic rings. The van der Waals surface area contributed by atoms with Crippen molar-refractivity contribution in [2.45, 2.75) is 38.0 Å². The van der Waals surface area contributed by atoms with Crippen LogP contribution >= 0.6 is 0 Å². The topological polar surface area (TPSA) is 44.7 Å². The summed E-state index contributed by atoms with van der Waals surface area (Å²) in [6, 6.07) is 1.42. The molecule has 1 aliphatic heterocycles. The van der Waals surface area contributed by atoms with Crippen LogP contribution in [0.15, 0.2) is 35.5 Å². The summed E-state index contributed by atoms with van der Waals surface area (Å²) in [4.78, 5) is 17.3. The zero-order valence-corrected chi connectivity index (χ0v) is 13.8. The van der Waals surface area contributed by atoms with E-state index in [1.165, 1.54) is 23.4 Å². The standard InChI is InChI=1S/C17H15F6N3O/c18-16(19,20)12-6-10(7-13(8-12)17(21,22)23)9-26-5-1-4-24-15(26)25-14(27)11-2-3-11/h1,4-8,11,15H,2-3,9H2,(H,25,27). The van der Waals surface area contributed by atoms with Crippen LogP contribution in [-0.2, 0) is 23.7 Å². The molecule has 0 spiro atoms. The first kappa shape index (κ1) is 19.2. The summed E-state index contributed by atoms with van der Waals surface area (Å²) in [6.45, 7) is -0.281. The molecule has 4 nitrogen and oxygen atoms in total. The second-order valence-corrected chi connectivity index (χ2v) is 6.38. The molecule has 1 aliphatic carbocycles. The van der Waals surface area contributed by atoms with Crippen molar-refractivity contribution in [2.75, 3.05) is 0 Å². The molecular formula is C17H15F6N3O. The normalized spacial score (nSPS) is 20.1. The molecule has 146 valence electrons. The summed E-state index contributed by atoms with van der Waals surface area (Å²) in [5.41, 5.74) is -2.95. The first-order chi connectivity index (χ1) is 12.5.